The average molecular weight is 442 g/mol. The van der Waals surface area contributed by atoms with E-state index in [0.29, 0.717) is 28.8 Å². The molecule has 0 saturated heterocycles. The van der Waals surface area contributed by atoms with E-state index in [0.717, 1.165) is 28.5 Å². The number of rotatable bonds is 6. The van der Waals surface area contributed by atoms with Crippen LogP contribution in [0.5, 0.6) is 5.88 Å². The maximum Gasteiger partial charge on any atom is 0.255 e. The first-order valence-electron chi connectivity index (χ1n) is 10.3. The molecule has 0 fully saturated rings. The minimum Gasteiger partial charge on any atom is -0.491 e. The topological polar surface area (TPSA) is 86.7 Å². The lowest BCUT2D eigenvalue weighted by Gasteiger charge is -2.14. The molecule has 0 atom stereocenters. The van der Waals surface area contributed by atoms with Gasteiger partial charge in [0.2, 0.25) is 0 Å². The van der Waals surface area contributed by atoms with Crippen LogP contribution in [0.4, 0.5) is 5.82 Å². The van der Waals surface area contributed by atoms with Crippen LogP contribution in [0.3, 0.4) is 0 Å². The van der Waals surface area contributed by atoms with Crippen LogP contribution >= 0.6 is 11.6 Å². The Morgan fingerprint density at radius 3 is 2.38 bits per heavy atom. The summed E-state index contributed by atoms with van der Waals surface area (Å²) in [5.74, 6) is 0.190. The minimum atomic E-state index is -0.156. The smallest absolute Gasteiger partial charge is 0.255 e. The van der Waals surface area contributed by atoms with Crippen LogP contribution in [0, 0.1) is 0 Å². The Labute approximate surface area is 189 Å². The van der Waals surface area contributed by atoms with Crippen molar-refractivity contribution in [2.24, 2.45) is 0 Å². The monoisotopic (exact) mass is 441 g/mol. The zero-order valence-corrected chi connectivity index (χ0v) is 17.8. The van der Waals surface area contributed by atoms with Crippen molar-refractivity contribution in [2.75, 3.05) is 11.9 Å². The van der Waals surface area contributed by atoms with Crippen molar-refractivity contribution >= 4 is 28.3 Å². The lowest BCUT2D eigenvalue weighted by molar-refractivity contribution is 0.454. The first-order chi connectivity index (χ1) is 15.7. The van der Waals surface area contributed by atoms with Crippen LogP contribution in [0.15, 0.2) is 79.0 Å². The van der Waals surface area contributed by atoms with Crippen molar-refractivity contribution in [3.63, 3.8) is 0 Å². The summed E-state index contributed by atoms with van der Waals surface area (Å²) in [5, 5.41) is 22.2. The number of H-pyrrole nitrogens is 1. The third kappa shape index (κ3) is 4.00. The summed E-state index contributed by atoms with van der Waals surface area (Å²) in [6, 6.07) is 23.7. The van der Waals surface area contributed by atoms with E-state index in [1.807, 2.05) is 54.6 Å². The second kappa shape index (κ2) is 8.69. The van der Waals surface area contributed by atoms with Gasteiger partial charge in [-0.15, -0.1) is 0 Å². The number of hydrogen-bond acceptors (Lipinski definition) is 5. The van der Waals surface area contributed by atoms with Gasteiger partial charge in [-0.25, -0.2) is 9.97 Å². The van der Waals surface area contributed by atoms with Gasteiger partial charge in [-0.2, -0.15) is 5.10 Å². The van der Waals surface area contributed by atoms with E-state index in [4.69, 9.17) is 16.6 Å². The molecule has 7 heteroatoms. The molecule has 0 aliphatic heterocycles. The van der Waals surface area contributed by atoms with E-state index in [-0.39, 0.29) is 5.88 Å². The number of fused-ring (bicyclic) bond motifs is 1. The van der Waals surface area contributed by atoms with Gasteiger partial charge in [-0.3, -0.25) is 5.10 Å². The molecule has 32 heavy (non-hydrogen) atoms. The van der Waals surface area contributed by atoms with Crippen molar-refractivity contribution in [1.82, 2.24) is 20.2 Å². The molecule has 0 bridgehead atoms. The van der Waals surface area contributed by atoms with Crippen LogP contribution in [0.2, 0.25) is 5.02 Å². The molecule has 6 nitrogen and oxygen atoms in total. The van der Waals surface area contributed by atoms with E-state index in [1.54, 1.807) is 12.3 Å². The number of nitrogens with zero attached hydrogens (tertiary/aromatic N) is 3. The predicted octanol–water partition coefficient (Wildman–Crippen LogP) is 5.70. The average Bonchev–Trinajstić information content (AvgIpc) is 3.31. The maximum absolute atomic E-state index is 10.7. The van der Waals surface area contributed by atoms with E-state index in [9.17, 15) is 5.11 Å². The van der Waals surface area contributed by atoms with Crippen molar-refractivity contribution in [1.29, 1.82) is 0 Å². The Morgan fingerprint density at radius 2 is 1.59 bits per heavy atom. The highest BCUT2D eigenvalue weighted by molar-refractivity contribution is 6.35. The van der Waals surface area contributed by atoms with E-state index < -0.39 is 0 Å². The number of aromatic amines is 1. The van der Waals surface area contributed by atoms with Crippen molar-refractivity contribution < 1.29 is 5.11 Å². The zero-order valence-electron chi connectivity index (χ0n) is 17.1. The molecule has 0 unspecified atom stereocenters. The Balaban J connectivity index is 1.55. The van der Waals surface area contributed by atoms with Gasteiger partial charge in [-0.05, 0) is 24.1 Å². The van der Waals surface area contributed by atoms with Gasteiger partial charge in [0.05, 0.1) is 22.4 Å². The minimum absolute atomic E-state index is 0.156. The molecule has 2 heterocycles. The van der Waals surface area contributed by atoms with Crippen LogP contribution in [-0.2, 0) is 6.42 Å². The summed E-state index contributed by atoms with van der Waals surface area (Å²) in [6.07, 6.45) is 2.51. The number of aromatic nitrogens is 4. The molecule has 0 radical (unpaired) electrons. The standard InChI is InChI=1S/C25H20ClN5O/c26-20-14-18(13-19-15-28-31-21(19)20)23-22(17-9-5-2-6-10-17)29-24(25(32)30-23)27-12-11-16-7-3-1-4-8-16/h1-10,13-15H,11-12H2,(H,27,29)(H,28,31)(H,30,32). The summed E-state index contributed by atoms with van der Waals surface area (Å²) in [7, 11) is 0. The van der Waals surface area contributed by atoms with Gasteiger partial charge in [0, 0.05) is 23.1 Å². The molecule has 3 N–H and O–H groups in total. The van der Waals surface area contributed by atoms with Crippen molar-refractivity contribution in [2.45, 2.75) is 6.42 Å². The first-order valence-corrected chi connectivity index (χ1v) is 10.6. The molecule has 0 amide bonds. The maximum atomic E-state index is 10.7. The van der Waals surface area contributed by atoms with Gasteiger partial charge < -0.3 is 10.4 Å². The number of anilines is 1. The number of benzene rings is 3. The molecule has 158 valence electrons. The lowest BCUT2D eigenvalue weighted by Crippen LogP contribution is -2.08. The predicted molar refractivity (Wildman–Crippen MR) is 128 cm³/mol. The molecular weight excluding hydrogens is 422 g/mol. The zero-order chi connectivity index (χ0) is 21.9. The molecule has 2 aromatic heterocycles. The van der Waals surface area contributed by atoms with Gasteiger partial charge in [0.15, 0.2) is 5.82 Å². The highest BCUT2D eigenvalue weighted by Crippen LogP contribution is 2.36. The van der Waals surface area contributed by atoms with Crippen LogP contribution in [0.25, 0.3) is 33.4 Å². The summed E-state index contributed by atoms with van der Waals surface area (Å²) in [4.78, 5) is 9.28. The molecule has 5 aromatic rings. The van der Waals surface area contributed by atoms with Gasteiger partial charge in [-0.1, -0.05) is 72.3 Å². The Kier molecular flexibility index (Phi) is 5.44. The quantitative estimate of drug-likeness (QED) is 0.314. The SMILES string of the molecule is Oc1nc(-c2cc(Cl)c3[nH]ncc3c2)c(-c2ccccc2)nc1NCCc1ccccc1. The van der Waals surface area contributed by atoms with E-state index in [1.165, 1.54) is 5.56 Å². The largest absolute Gasteiger partial charge is 0.491 e. The fourth-order valence-corrected chi connectivity index (χ4v) is 3.93. The van der Waals surface area contributed by atoms with Gasteiger partial charge >= 0.3 is 0 Å². The fraction of sp³-hybridized carbons (Fsp3) is 0.0800. The normalized spacial score (nSPS) is 11.0. The summed E-state index contributed by atoms with van der Waals surface area (Å²) in [6.45, 7) is 0.618. The summed E-state index contributed by atoms with van der Waals surface area (Å²) in [5.41, 5.74) is 4.81. The first kappa shape index (κ1) is 20.0. The number of halogens is 1. The number of nitrogens with one attached hydrogen (secondary N) is 2. The van der Waals surface area contributed by atoms with Crippen LogP contribution < -0.4 is 5.32 Å². The highest BCUT2D eigenvalue weighted by Gasteiger charge is 2.18. The van der Waals surface area contributed by atoms with Gasteiger partial charge in [0.25, 0.3) is 5.88 Å². The fourth-order valence-electron chi connectivity index (χ4n) is 3.66. The molecule has 0 spiro atoms. The van der Waals surface area contributed by atoms with E-state index in [2.05, 4.69) is 32.6 Å². The third-order valence-electron chi connectivity index (χ3n) is 5.25. The summed E-state index contributed by atoms with van der Waals surface area (Å²) < 4.78 is 0. The third-order valence-corrected chi connectivity index (χ3v) is 5.55. The molecule has 5 rings (SSSR count). The Hall–Kier alpha value is -3.90. The molecule has 0 saturated carbocycles. The van der Waals surface area contributed by atoms with E-state index >= 15 is 0 Å². The molecule has 0 aliphatic rings. The Bertz CT molecular complexity index is 1370. The van der Waals surface area contributed by atoms with Crippen LogP contribution in [-0.4, -0.2) is 31.8 Å². The molecule has 3 aromatic carbocycles. The lowest BCUT2D eigenvalue weighted by atomic mass is 10.0. The van der Waals surface area contributed by atoms with Crippen LogP contribution in [0.1, 0.15) is 5.56 Å². The Morgan fingerprint density at radius 1 is 0.875 bits per heavy atom. The van der Waals surface area contributed by atoms with Gasteiger partial charge in [0.1, 0.15) is 5.69 Å². The van der Waals surface area contributed by atoms with Crippen molar-refractivity contribution in [3.05, 3.63) is 89.6 Å². The second-order valence-corrected chi connectivity index (χ2v) is 7.82. The molecule has 0 aliphatic carbocycles. The number of hydrogen-bond donors (Lipinski definition) is 3. The molecular formula is C25H20ClN5O. The summed E-state index contributed by atoms with van der Waals surface area (Å²) >= 11 is 6.46. The van der Waals surface area contributed by atoms with Crippen molar-refractivity contribution in [3.8, 4) is 28.4 Å². The second-order valence-electron chi connectivity index (χ2n) is 7.41. The highest BCUT2D eigenvalue weighted by atomic mass is 35.5. The number of aromatic hydroxyl groups is 1.